The number of ether oxygens (including phenoxy) is 2. The van der Waals surface area contributed by atoms with Crippen LogP contribution in [0, 0.1) is 0 Å². The molecule has 0 saturated carbocycles. The summed E-state index contributed by atoms with van der Waals surface area (Å²) < 4.78 is 10.5. The first-order valence-corrected chi connectivity index (χ1v) is 9.66. The minimum atomic E-state index is -0.697. The van der Waals surface area contributed by atoms with E-state index in [-0.39, 0.29) is 18.6 Å². The van der Waals surface area contributed by atoms with Gasteiger partial charge in [-0.05, 0) is 35.4 Å². The predicted molar refractivity (Wildman–Crippen MR) is 113 cm³/mol. The maximum absolute atomic E-state index is 12.9. The molecule has 1 fully saturated rings. The van der Waals surface area contributed by atoms with Crippen LogP contribution in [0.25, 0.3) is 0 Å². The van der Waals surface area contributed by atoms with Gasteiger partial charge in [-0.25, -0.2) is 4.79 Å². The van der Waals surface area contributed by atoms with Crippen molar-refractivity contribution >= 4 is 17.7 Å². The Hall–Kier alpha value is -3.80. The van der Waals surface area contributed by atoms with Crippen LogP contribution in [-0.2, 0) is 16.1 Å². The van der Waals surface area contributed by atoms with Gasteiger partial charge in [0.05, 0.1) is 13.2 Å². The summed E-state index contributed by atoms with van der Waals surface area (Å²) in [6.07, 6.45) is -0.618. The molecule has 2 atom stereocenters. The third-order valence-electron chi connectivity index (χ3n) is 5.08. The SMILES string of the molecule is COc1ccc(N2C(=O)[C@@H](NC(=O)OCc3ccccc3)[C@@H]2c2ccccc2)cc1. The molecular formula is C24H22N2O4. The zero-order valence-corrected chi connectivity index (χ0v) is 16.5. The van der Waals surface area contributed by atoms with Gasteiger partial charge in [0.15, 0.2) is 0 Å². The monoisotopic (exact) mass is 402 g/mol. The van der Waals surface area contributed by atoms with E-state index >= 15 is 0 Å². The molecular weight excluding hydrogens is 380 g/mol. The molecule has 1 N–H and O–H groups in total. The molecule has 1 heterocycles. The molecule has 2 amide bonds. The zero-order valence-electron chi connectivity index (χ0n) is 16.5. The third kappa shape index (κ3) is 3.98. The van der Waals surface area contributed by atoms with E-state index in [2.05, 4.69) is 5.32 Å². The summed E-state index contributed by atoms with van der Waals surface area (Å²) >= 11 is 0. The first-order valence-electron chi connectivity index (χ1n) is 9.66. The molecule has 4 rings (SSSR count). The predicted octanol–water partition coefficient (Wildman–Crippen LogP) is 4.08. The molecule has 0 unspecified atom stereocenters. The summed E-state index contributed by atoms with van der Waals surface area (Å²) in [7, 11) is 1.59. The van der Waals surface area contributed by atoms with Crippen molar-refractivity contribution in [3.8, 4) is 5.75 Å². The van der Waals surface area contributed by atoms with Crippen LogP contribution < -0.4 is 15.0 Å². The van der Waals surface area contributed by atoms with Crippen LogP contribution in [0.15, 0.2) is 84.9 Å². The Bertz CT molecular complexity index is 1010. The number of nitrogens with zero attached hydrogens (tertiary/aromatic N) is 1. The van der Waals surface area contributed by atoms with Gasteiger partial charge in [0.25, 0.3) is 5.91 Å². The van der Waals surface area contributed by atoms with E-state index in [9.17, 15) is 9.59 Å². The number of alkyl carbamates (subject to hydrolysis) is 1. The second-order valence-electron chi connectivity index (χ2n) is 6.95. The highest BCUT2D eigenvalue weighted by atomic mass is 16.5. The Labute approximate surface area is 175 Å². The first kappa shape index (κ1) is 19.5. The van der Waals surface area contributed by atoms with Gasteiger partial charge in [-0.3, -0.25) is 4.79 Å². The number of nitrogens with one attached hydrogen (secondary N) is 1. The highest BCUT2D eigenvalue weighted by molar-refractivity contribution is 6.07. The number of benzene rings is 3. The molecule has 6 heteroatoms. The van der Waals surface area contributed by atoms with Gasteiger partial charge in [-0.15, -0.1) is 0 Å². The van der Waals surface area contributed by atoms with Crippen molar-refractivity contribution in [1.82, 2.24) is 5.32 Å². The highest BCUT2D eigenvalue weighted by Gasteiger charge is 2.50. The summed E-state index contributed by atoms with van der Waals surface area (Å²) in [5, 5.41) is 2.73. The lowest BCUT2D eigenvalue weighted by Gasteiger charge is -2.47. The first-order chi connectivity index (χ1) is 14.7. The lowest BCUT2D eigenvalue weighted by atomic mass is 9.87. The number of amides is 2. The van der Waals surface area contributed by atoms with Crippen molar-refractivity contribution < 1.29 is 19.1 Å². The largest absolute Gasteiger partial charge is 0.497 e. The molecule has 0 aliphatic carbocycles. The summed E-state index contributed by atoms with van der Waals surface area (Å²) in [5.41, 5.74) is 2.55. The molecule has 0 bridgehead atoms. The van der Waals surface area contributed by atoms with E-state index in [0.717, 1.165) is 16.8 Å². The lowest BCUT2D eigenvalue weighted by molar-refractivity contribution is -0.127. The van der Waals surface area contributed by atoms with Crippen LogP contribution >= 0.6 is 0 Å². The number of carbonyl (C=O) groups excluding carboxylic acids is 2. The van der Waals surface area contributed by atoms with Crippen molar-refractivity contribution in [2.75, 3.05) is 12.0 Å². The fourth-order valence-electron chi connectivity index (χ4n) is 3.54. The zero-order chi connectivity index (χ0) is 20.9. The van der Waals surface area contributed by atoms with Gasteiger partial charge in [0, 0.05) is 5.69 Å². The summed E-state index contributed by atoms with van der Waals surface area (Å²) in [5.74, 6) is 0.521. The van der Waals surface area contributed by atoms with Crippen LogP contribution in [0.2, 0.25) is 0 Å². The van der Waals surface area contributed by atoms with Crippen molar-refractivity contribution in [3.63, 3.8) is 0 Å². The second kappa shape index (κ2) is 8.69. The van der Waals surface area contributed by atoms with Crippen molar-refractivity contribution in [3.05, 3.63) is 96.1 Å². The van der Waals surface area contributed by atoms with Gasteiger partial charge in [-0.2, -0.15) is 0 Å². The van der Waals surface area contributed by atoms with Crippen LogP contribution in [0.4, 0.5) is 10.5 Å². The minimum absolute atomic E-state index is 0.145. The number of methoxy groups -OCH3 is 1. The Morgan fingerprint density at radius 2 is 1.57 bits per heavy atom. The van der Waals surface area contributed by atoms with Crippen molar-refractivity contribution in [1.29, 1.82) is 0 Å². The highest BCUT2D eigenvalue weighted by Crippen LogP contribution is 2.39. The smallest absolute Gasteiger partial charge is 0.408 e. The summed E-state index contributed by atoms with van der Waals surface area (Å²) in [4.78, 5) is 27.0. The van der Waals surface area contributed by atoms with Gasteiger partial charge >= 0.3 is 6.09 Å². The number of hydrogen-bond donors (Lipinski definition) is 1. The Balaban J connectivity index is 1.50. The molecule has 3 aromatic carbocycles. The fraction of sp³-hybridized carbons (Fsp3) is 0.167. The molecule has 1 aliphatic heterocycles. The normalized spacial score (nSPS) is 17.8. The van der Waals surface area contributed by atoms with Gasteiger partial charge in [0.1, 0.15) is 18.4 Å². The molecule has 3 aromatic rings. The molecule has 0 spiro atoms. The molecule has 152 valence electrons. The van der Waals surface area contributed by atoms with E-state index in [4.69, 9.17) is 9.47 Å². The van der Waals surface area contributed by atoms with Crippen LogP contribution in [0.1, 0.15) is 17.2 Å². The van der Waals surface area contributed by atoms with Gasteiger partial charge in [-0.1, -0.05) is 60.7 Å². The second-order valence-corrected chi connectivity index (χ2v) is 6.95. The van der Waals surface area contributed by atoms with E-state index in [1.54, 1.807) is 24.1 Å². The molecule has 30 heavy (non-hydrogen) atoms. The van der Waals surface area contributed by atoms with E-state index in [1.807, 2.05) is 72.8 Å². The average molecular weight is 402 g/mol. The summed E-state index contributed by atoms with van der Waals surface area (Å²) in [6, 6.07) is 25.3. The number of anilines is 1. The van der Waals surface area contributed by atoms with E-state index < -0.39 is 12.1 Å². The number of rotatable bonds is 6. The molecule has 0 radical (unpaired) electrons. The van der Waals surface area contributed by atoms with Crippen molar-refractivity contribution in [2.24, 2.45) is 0 Å². The minimum Gasteiger partial charge on any atom is -0.497 e. The molecule has 0 aromatic heterocycles. The van der Waals surface area contributed by atoms with E-state index in [0.29, 0.717) is 5.75 Å². The van der Waals surface area contributed by atoms with Crippen LogP contribution in [0.3, 0.4) is 0 Å². The average Bonchev–Trinajstić information content (AvgIpc) is 2.81. The van der Waals surface area contributed by atoms with Crippen LogP contribution in [0.5, 0.6) is 5.75 Å². The Kier molecular flexibility index (Phi) is 5.66. The lowest BCUT2D eigenvalue weighted by Crippen LogP contribution is -2.66. The number of carbonyl (C=O) groups is 2. The van der Waals surface area contributed by atoms with Crippen molar-refractivity contribution in [2.45, 2.75) is 18.7 Å². The number of hydrogen-bond acceptors (Lipinski definition) is 4. The molecule has 1 aliphatic rings. The fourth-order valence-corrected chi connectivity index (χ4v) is 3.54. The van der Waals surface area contributed by atoms with Crippen LogP contribution in [-0.4, -0.2) is 25.2 Å². The molecule has 1 saturated heterocycles. The number of β-lactam (4-membered cyclic amide) rings is 1. The van der Waals surface area contributed by atoms with E-state index in [1.165, 1.54) is 0 Å². The molecule has 6 nitrogen and oxygen atoms in total. The topological polar surface area (TPSA) is 67.9 Å². The Morgan fingerprint density at radius 3 is 2.20 bits per heavy atom. The van der Waals surface area contributed by atoms with Gasteiger partial charge in [0.2, 0.25) is 0 Å². The maximum Gasteiger partial charge on any atom is 0.408 e. The quantitative estimate of drug-likeness (QED) is 0.631. The maximum atomic E-state index is 12.9. The Morgan fingerprint density at radius 1 is 0.933 bits per heavy atom. The third-order valence-corrected chi connectivity index (χ3v) is 5.08. The standard InChI is InChI=1S/C24H22N2O4/c1-29-20-14-12-19(13-15-20)26-22(18-10-6-3-7-11-18)21(23(26)27)25-24(28)30-16-17-8-4-2-5-9-17/h2-15,21-22H,16H2,1H3,(H,25,28)/t21-,22-/m0/s1. The summed E-state index contributed by atoms with van der Waals surface area (Å²) in [6.45, 7) is 0.145. The van der Waals surface area contributed by atoms with Gasteiger partial charge < -0.3 is 19.7 Å².